The first-order valence-electron chi connectivity index (χ1n) is 5.21. The number of anilines is 1. The molecule has 0 radical (unpaired) electrons. The minimum Gasteiger partial charge on any atom is -0.340 e. The highest BCUT2D eigenvalue weighted by Crippen LogP contribution is 2.16. The first kappa shape index (κ1) is 13.5. The largest absolute Gasteiger partial charge is 0.340 e. The Hall–Kier alpha value is -1.97. The number of pyridine rings is 1. The van der Waals surface area contributed by atoms with E-state index in [4.69, 9.17) is 0 Å². The van der Waals surface area contributed by atoms with Crippen LogP contribution in [0.5, 0.6) is 0 Å². The van der Waals surface area contributed by atoms with Crippen LogP contribution in [-0.2, 0) is 7.05 Å². The zero-order valence-electron chi connectivity index (χ0n) is 9.83. The van der Waals surface area contributed by atoms with Crippen molar-refractivity contribution >= 4 is 40.0 Å². The molecule has 0 atom stereocenters. The maximum absolute atomic E-state index is 12.0. The number of hydrogen-bond donors (Lipinski definition) is 1. The molecule has 7 nitrogen and oxygen atoms in total. The fourth-order valence-electron chi connectivity index (χ4n) is 1.50. The SMILES string of the molecule is Cn1cc([N+](=O)[O-])cc1C(=O)Nc1ccc(I)cn1. The van der Waals surface area contributed by atoms with E-state index in [1.807, 2.05) is 0 Å². The van der Waals surface area contributed by atoms with Crippen molar-refractivity contribution in [2.75, 3.05) is 5.32 Å². The lowest BCUT2D eigenvalue weighted by Gasteiger charge is -2.04. The van der Waals surface area contributed by atoms with Crippen molar-refractivity contribution in [3.8, 4) is 0 Å². The summed E-state index contributed by atoms with van der Waals surface area (Å²) in [5.41, 5.74) is 0.0790. The molecule has 1 N–H and O–H groups in total. The van der Waals surface area contributed by atoms with Gasteiger partial charge >= 0.3 is 0 Å². The van der Waals surface area contributed by atoms with Gasteiger partial charge < -0.3 is 9.88 Å². The van der Waals surface area contributed by atoms with E-state index >= 15 is 0 Å². The number of aromatic nitrogens is 2. The van der Waals surface area contributed by atoms with Crippen LogP contribution < -0.4 is 5.32 Å². The molecule has 0 aliphatic rings. The van der Waals surface area contributed by atoms with Gasteiger partial charge in [0.2, 0.25) is 0 Å². The van der Waals surface area contributed by atoms with Gasteiger partial charge in [-0.3, -0.25) is 14.9 Å². The van der Waals surface area contributed by atoms with Crippen LogP contribution >= 0.6 is 22.6 Å². The minimum atomic E-state index is -0.542. The molecule has 1 amide bonds. The number of carbonyl (C=O) groups excluding carboxylic acids is 1. The van der Waals surface area contributed by atoms with E-state index in [1.165, 1.54) is 16.8 Å². The van der Waals surface area contributed by atoms with Crippen molar-refractivity contribution in [3.63, 3.8) is 0 Å². The fraction of sp³-hybridized carbons (Fsp3) is 0.0909. The van der Waals surface area contributed by atoms with E-state index in [-0.39, 0.29) is 11.4 Å². The summed E-state index contributed by atoms with van der Waals surface area (Å²) < 4.78 is 2.35. The summed E-state index contributed by atoms with van der Waals surface area (Å²) in [5, 5.41) is 13.2. The maximum Gasteiger partial charge on any atom is 0.287 e. The number of nitrogens with one attached hydrogen (secondary N) is 1. The van der Waals surface area contributed by atoms with E-state index in [9.17, 15) is 14.9 Å². The smallest absolute Gasteiger partial charge is 0.287 e. The molecule has 2 rings (SSSR count). The Kier molecular flexibility index (Phi) is 3.79. The van der Waals surface area contributed by atoms with Gasteiger partial charge in [-0.2, -0.15) is 0 Å². The van der Waals surface area contributed by atoms with Gasteiger partial charge in [-0.05, 0) is 34.7 Å². The number of rotatable bonds is 3. The fourth-order valence-corrected chi connectivity index (χ4v) is 1.82. The highest BCUT2D eigenvalue weighted by atomic mass is 127. The van der Waals surface area contributed by atoms with E-state index in [1.54, 1.807) is 25.4 Å². The van der Waals surface area contributed by atoms with Gasteiger partial charge in [0.05, 0.1) is 11.1 Å². The zero-order chi connectivity index (χ0) is 14.0. The molecule has 0 spiro atoms. The zero-order valence-corrected chi connectivity index (χ0v) is 12.0. The molecule has 2 heterocycles. The van der Waals surface area contributed by atoms with Crippen LogP contribution in [0.4, 0.5) is 11.5 Å². The first-order chi connectivity index (χ1) is 8.97. The average Bonchev–Trinajstić information content (AvgIpc) is 2.74. The Morgan fingerprint density at radius 1 is 1.53 bits per heavy atom. The third kappa shape index (κ3) is 3.08. The molecule has 2 aromatic rings. The summed E-state index contributed by atoms with van der Waals surface area (Å²) in [7, 11) is 1.57. The van der Waals surface area contributed by atoms with Crippen molar-refractivity contribution in [1.82, 2.24) is 9.55 Å². The number of hydrogen-bond acceptors (Lipinski definition) is 4. The van der Waals surface area contributed by atoms with E-state index in [0.29, 0.717) is 5.82 Å². The van der Waals surface area contributed by atoms with Crippen LogP contribution in [0.3, 0.4) is 0 Å². The molecule has 8 heteroatoms. The van der Waals surface area contributed by atoms with E-state index < -0.39 is 10.8 Å². The second-order valence-electron chi connectivity index (χ2n) is 3.77. The first-order valence-corrected chi connectivity index (χ1v) is 6.29. The minimum absolute atomic E-state index is 0.122. The van der Waals surface area contributed by atoms with Crippen molar-refractivity contribution in [3.05, 3.63) is 50.0 Å². The number of carbonyl (C=O) groups is 1. The molecule has 98 valence electrons. The van der Waals surface area contributed by atoms with Gasteiger partial charge in [-0.25, -0.2) is 4.98 Å². The number of nitro groups is 1. The lowest BCUT2D eigenvalue weighted by molar-refractivity contribution is -0.384. The molecule has 0 aliphatic carbocycles. The topological polar surface area (TPSA) is 90.1 Å². The quantitative estimate of drug-likeness (QED) is 0.508. The van der Waals surface area contributed by atoms with Crippen LogP contribution in [0, 0.1) is 13.7 Å². The number of amides is 1. The molecule has 19 heavy (non-hydrogen) atoms. The third-order valence-corrected chi connectivity index (χ3v) is 3.04. The van der Waals surface area contributed by atoms with E-state index in [2.05, 4.69) is 32.9 Å². The molecule has 0 saturated carbocycles. The van der Waals surface area contributed by atoms with Crippen LogP contribution in [0.2, 0.25) is 0 Å². The second-order valence-corrected chi connectivity index (χ2v) is 5.01. The molecule has 0 aliphatic heterocycles. The van der Waals surface area contributed by atoms with Gasteiger partial charge in [-0.1, -0.05) is 0 Å². The maximum atomic E-state index is 12.0. The summed E-state index contributed by atoms with van der Waals surface area (Å²) in [6.07, 6.45) is 2.90. The molecule has 0 aromatic carbocycles. The second kappa shape index (κ2) is 5.34. The summed E-state index contributed by atoms with van der Waals surface area (Å²) in [6, 6.07) is 4.69. The van der Waals surface area contributed by atoms with Crippen LogP contribution in [0.1, 0.15) is 10.5 Å². The van der Waals surface area contributed by atoms with Gasteiger partial charge in [0.1, 0.15) is 11.5 Å². The lowest BCUT2D eigenvalue weighted by Crippen LogP contribution is -2.16. The Morgan fingerprint density at radius 3 is 2.79 bits per heavy atom. The van der Waals surface area contributed by atoms with Crippen molar-refractivity contribution in [1.29, 1.82) is 0 Å². The molecule has 0 bridgehead atoms. The van der Waals surface area contributed by atoms with Crippen molar-refractivity contribution in [2.45, 2.75) is 0 Å². The van der Waals surface area contributed by atoms with Crippen LogP contribution in [0.25, 0.3) is 0 Å². The Bertz CT molecular complexity index is 636. The molecule has 2 aromatic heterocycles. The van der Waals surface area contributed by atoms with Gasteiger partial charge in [0, 0.05) is 22.9 Å². The van der Waals surface area contributed by atoms with Gasteiger partial charge in [0.25, 0.3) is 11.6 Å². The Balaban J connectivity index is 2.20. The normalized spacial score (nSPS) is 10.2. The van der Waals surface area contributed by atoms with Gasteiger partial charge in [-0.15, -0.1) is 0 Å². The van der Waals surface area contributed by atoms with Crippen LogP contribution in [-0.4, -0.2) is 20.4 Å². The Labute approximate surface area is 121 Å². The summed E-state index contributed by atoms with van der Waals surface area (Å²) in [6.45, 7) is 0. The number of aryl methyl sites for hydroxylation is 1. The van der Waals surface area contributed by atoms with Crippen molar-refractivity contribution in [2.24, 2.45) is 7.05 Å². The molecule has 0 unspecified atom stereocenters. The molecular weight excluding hydrogens is 363 g/mol. The number of halogens is 1. The predicted molar refractivity (Wildman–Crippen MR) is 77.0 cm³/mol. The van der Waals surface area contributed by atoms with Crippen LogP contribution in [0.15, 0.2) is 30.6 Å². The Morgan fingerprint density at radius 2 is 2.26 bits per heavy atom. The van der Waals surface area contributed by atoms with E-state index in [0.717, 1.165) is 3.57 Å². The summed E-state index contributed by atoms with van der Waals surface area (Å²) in [5.74, 6) is -0.0430. The van der Waals surface area contributed by atoms with Crippen molar-refractivity contribution < 1.29 is 9.72 Å². The monoisotopic (exact) mass is 372 g/mol. The molecular formula is C11H9IN4O3. The molecule has 0 saturated heterocycles. The highest BCUT2D eigenvalue weighted by Gasteiger charge is 2.17. The standard InChI is InChI=1S/C11H9IN4O3/c1-15-6-8(16(18)19)4-9(15)11(17)14-10-3-2-7(12)5-13-10/h2-6H,1H3,(H,13,14,17). The van der Waals surface area contributed by atoms with Gasteiger partial charge in [0.15, 0.2) is 0 Å². The highest BCUT2D eigenvalue weighted by molar-refractivity contribution is 14.1. The summed E-state index contributed by atoms with van der Waals surface area (Å²) >= 11 is 2.10. The molecule has 0 fully saturated rings. The number of nitrogens with zero attached hydrogens (tertiary/aromatic N) is 3. The summed E-state index contributed by atoms with van der Waals surface area (Å²) in [4.78, 5) is 26.1. The third-order valence-electron chi connectivity index (χ3n) is 2.40. The predicted octanol–water partition coefficient (Wildman–Crippen LogP) is 2.19. The lowest BCUT2D eigenvalue weighted by atomic mass is 10.3. The average molecular weight is 372 g/mol.